The van der Waals surface area contributed by atoms with Gasteiger partial charge in [0.25, 0.3) is 0 Å². The fraction of sp³-hybridized carbons (Fsp3) is 0.308. The number of amides is 1. The van der Waals surface area contributed by atoms with E-state index in [-0.39, 0.29) is 12.5 Å². The van der Waals surface area contributed by atoms with Crippen LogP contribution in [-0.4, -0.2) is 30.7 Å². The summed E-state index contributed by atoms with van der Waals surface area (Å²) >= 11 is 6.08. The van der Waals surface area contributed by atoms with E-state index < -0.39 is 0 Å². The molecule has 0 aliphatic carbocycles. The summed E-state index contributed by atoms with van der Waals surface area (Å²) in [5.41, 5.74) is 0.962. The highest BCUT2D eigenvalue weighted by Gasteiger charge is 2.07. The number of nitrogens with one attached hydrogen (secondary N) is 1. The number of fused-ring (bicyclic) bond motifs is 1. The Morgan fingerprint density at radius 2 is 2.28 bits per heavy atom. The van der Waals surface area contributed by atoms with Crippen LogP contribution in [-0.2, 0) is 16.1 Å². The minimum Gasteiger partial charge on any atom is -0.383 e. The van der Waals surface area contributed by atoms with Gasteiger partial charge in [-0.2, -0.15) is 0 Å². The third-order valence-electron chi connectivity index (χ3n) is 2.70. The van der Waals surface area contributed by atoms with Gasteiger partial charge in [-0.25, -0.2) is 0 Å². The van der Waals surface area contributed by atoms with E-state index in [0.29, 0.717) is 18.2 Å². The minimum absolute atomic E-state index is 0.0375. The molecule has 1 heterocycles. The maximum absolute atomic E-state index is 11.7. The molecule has 18 heavy (non-hydrogen) atoms. The van der Waals surface area contributed by atoms with Gasteiger partial charge in [-0.1, -0.05) is 17.7 Å². The third kappa shape index (κ3) is 2.83. The molecule has 0 fully saturated rings. The predicted molar refractivity (Wildman–Crippen MR) is 71.8 cm³/mol. The van der Waals surface area contributed by atoms with E-state index >= 15 is 0 Å². The zero-order chi connectivity index (χ0) is 13.0. The van der Waals surface area contributed by atoms with Crippen molar-refractivity contribution in [1.29, 1.82) is 0 Å². The predicted octanol–water partition coefficient (Wildman–Crippen LogP) is 2.06. The number of halogens is 1. The Hall–Kier alpha value is -1.52. The first kappa shape index (κ1) is 12.9. The van der Waals surface area contributed by atoms with E-state index in [1.54, 1.807) is 7.11 Å². The van der Waals surface area contributed by atoms with Gasteiger partial charge in [0.15, 0.2) is 0 Å². The van der Waals surface area contributed by atoms with E-state index in [0.717, 1.165) is 10.9 Å². The molecule has 0 bridgehead atoms. The lowest BCUT2D eigenvalue weighted by molar-refractivity contribution is -0.121. The van der Waals surface area contributed by atoms with Crippen molar-refractivity contribution in [3.05, 3.63) is 35.5 Å². The fourth-order valence-electron chi connectivity index (χ4n) is 1.83. The standard InChI is InChI=1S/C13H15ClN2O2/c1-18-8-6-15-13(17)9-16-7-5-10-11(14)3-2-4-12(10)16/h2-5,7H,6,8-9H2,1H3,(H,15,17). The Morgan fingerprint density at radius 3 is 3.06 bits per heavy atom. The number of nitrogens with zero attached hydrogens (tertiary/aromatic N) is 1. The molecule has 0 aliphatic heterocycles. The molecule has 2 aromatic rings. The molecule has 1 aromatic carbocycles. The molecular weight excluding hydrogens is 252 g/mol. The molecule has 0 spiro atoms. The molecule has 0 aliphatic rings. The summed E-state index contributed by atoms with van der Waals surface area (Å²) in [6.07, 6.45) is 1.87. The average molecular weight is 267 g/mol. The van der Waals surface area contributed by atoms with Gasteiger partial charge >= 0.3 is 0 Å². The molecule has 2 rings (SSSR count). The maximum atomic E-state index is 11.7. The largest absolute Gasteiger partial charge is 0.383 e. The molecule has 0 atom stereocenters. The summed E-state index contributed by atoms with van der Waals surface area (Å²) in [5.74, 6) is -0.0375. The molecule has 0 saturated carbocycles. The number of hydrogen-bond donors (Lipinski definition) is 1. The van der Waals surface area contributed by atoms with Crippen molar-refractivity contribution in [2.45, 2.75) is 6.54 Å². The second-order valence-corrected chi connectivity index (χ2v) is 4.37. The lowest BCUT2D eigenvalue weighted by atomic mass is 10.2. The van der Waals surface area contributed by atoms with Gasteiger partial charge in [-0.15, -0.1) is 0 Å². The van der Waals surface area contributed by atoms with E-state index in [1.807, 2.05) is 35.0 Å². The second kappa shape index (κ2) is 5.89. The van der Waals surface area contributed by atoms with Gasteiger partial charge in [0.05, 0.1) is 6.61 Å². The van der Waals surface area contributed by atoms with Crippen LogP contribution in [0.1, 0.15) is 0 Å². The summed E-state index contributed by atoms with van der Waals surface area (Å²) in [5, 5.41) is 4.45. The van der Waals surface area contributed by atoms with Crippen molar-refractivity contribution in [3.63, 3.8) is 0 Å². The van der Waals surface area contributed by atoms with Gasteiger partial charge in [0.1, 0.15) is 6.54 Å². The topological polar surface area (TPSA) is 43.3 Å². The summed E-state index contributed by atoms with van der Waals surface area (Å²) in [6.45, 7) is 1.33. The summed E-state index contributed by atoms with van der Waals surface area (Å²) in [6, 6.07) is 7.58. The molecule has 1 aromatic heterocycles. The molecule has 96 valence electrons. The van der Waals surface area contributed by atoms with Gasteiger partial charge in [-0.3, -0.25) is 4.79 Å². The maximum Gasteiger partial charge on any atom is 0.240 e. The lowest BCUT2D eigenvalue weighted by Crippen LogP contribution is -2.30. The summed E-state index contributed by atoms with van der Waals surface area (Å²) in [4.78, 5) is 11.7. The zero-order valence-corrected chi connectivity index (χ0v) is 10.9. The molecule has 1 amide bonds. The molecule has 0 radical (unpaired) electrons. The number of rotatable bonds is 5. The van der Waals surface area contributed by atoms with Gasteiger partial charge in [0, 0.05) is 35.8 Å². The number of hydrogen-bond acceptors (Lipinski definition) is 2. The third-order valence-corrected chi connectivity index (χ3v) is 3.03. The first-order chi connectivity index (χ1) is 8.72. The van der Waals surface area contributed by atoms with Crippen LogP contribution in [0.15, 0.2) is 30.5 Å². The van der Waals surface area contributed by atoms with Crippen LogP contribution in [0.2, 0.25) is 5.02 Å². The van der Waals surface area contributed by atoms with Crippen molar-refractivity contribution in [1.82, 2.24) is 9.88 Å². The van der Waals surface area contributed by atoms with Gasteiger partial charge < -0.3 is 14.6 Å². The van der Waals surface area contributed by atoms with Crippen LogP contribution < -0.4 is 5.32 Å². The molecular formula is C13H15ClN2O2. The normalized spacial score (nSPS) is 10.8. The number of methoxy groups -OCH3 is 1. The number of aromatic nitrogens is 1. The van der Waals surface area contributed by atoms with Crippen LogP contribution in [0.4, 0.5) is 0 Å². The number of ether oxygens (including phenoxy) is 1. The van der Waals surface area contributed by atoms with Crippen molar-refractivity contribution in [2.75, 3.05) is 20.3 Å². The van der Waals surface area contributed by atoms with Crippen molar-refractivity contribution in [3.8, 4) is 0 Å². The van der Waals surface area contributed by atoms with Crippen molar-refractivity contribution in [2.24, 2.45) is 0 Å². The Morgan fingerprint density at radius 1 is 1.44 bits per heavy atom. The Kier molecular flexibility index (Phi) is 4.23. The smallest absolute Gasteiger partial charge is 0.240 e. The number of carbonyl (C=O) groups excluding carboxylic acids is 1. The fourth-order valence-corrected chi connectivity index (χ4v) is 2.06. The van der Waals surface area contributed by atoms with E-state index in [4.69, 9.17) is 16.3 Å². The quantitative estimate of drug-likeness (QED) is 0.842. The van der Waals surface area contributed by atoms with Crippen LogP contribution in [0, 0.1) is 0 Å². The SMILES string of the molecule is COCCNC(=O)Cn1ccc2c(Cl)cccc21. The first-order valence-corrected chi connectivity index (χ1v) is 6.09. The minimum atomic E-state index is -0.0375. The highest BCUT2D eigenvalue weighted by molar-refractivity contribution is 6.35. The highest BCUT2D eigenvalue weighted by atomic mass is 35.5. The Labute approximate surface area is 110 Å². The number of carbonyl (C=O) groups is 1. The summed E-state index contributed by atoms with van der Waals surface area (Å²) < 4.78 is 6.75. The zero-order valence-electron chi connectivity index (χ0n) is 10.1. The molecule has 1 N–H and O–H groups in total. The molecule has 0 unspecified atom stereocenters. The molecule has 0 saturated heterocycles. The summed E-state index contributed by atoms with van der Waals surface area (Å²) in [7, 11) is 1.60. The average Bonchev–Trinajstić information content (AvgIpc) is 2.74. The van der Waals surface area contributed by atoms with Crippen LogP contribution in [0.25, 0.3) is 10.9 Å². The van der Waals surface area contributed by atoms with Crippen molar-refractivity contribution < 1.29 is 9.53 Å². The second-order valence-electron chi connectivity index (χ2n) is 3.96. The lowest BCUT2D eigenvalue weighted by Gasteiger charge is -2.07. The van der Waals surface area contributed by atoms with Crippen LogP contribution in [0.5, 0.6) is 0 Å². The highest BCUT2D eigenvalue weighted by Crippen LogP contribution is 2.23. The monoisotopic (exact) mass is 266 g/mol. The molecule has 4 nitrogen and oxygen atoms in total. The molecule has 5 heteroatoms. The van der Waals surface area contributed by atoms with Crippen molar-refractivity contribution >= 4 is 28.4 Å². The Bertz CT molecular complexity index is 551. The van der Waals surface area contributed by atoms with Crippen LogP contribution >= 0.6 is 11.6 Å². The first-order valence-electron chi connectivity index (χ1n) is 5.71. The van der Waals surface area contributed by atoms with E-state index in [2.05, 4.69) is 5.32 Å². The number of benzene rings is 1. The van der Waals surface area contributed by atoms with Crippen LogP contribution in [0.3, 0.4) is 0 Å². The van der Waals surface area contributed by atoms with E-state index in [1.165, 1.54) is 0 Å². The van der Waals surface area contributed by atoms with Gasteiger partial charge in [0.2, 0.25) is 5.91 Å². The van der Waals surface area contributed by atoms with Gasteiger partial charge in [-0.05, 0) is 18.2 Å². The van der Waals surface area contributed by atoms with E-state index in [9.17, 15) is 4.79 Å². The Balaban J connectivity index is 2.08.